The van der Waals surface area contributed by atoms with Crippen LogP contribution in [0.1, 0.15) is 37.9 Å². The van der Waals surface area contributed by atoms with E-state index in [1.54, 1.807) is 42.5 Å². The number of nitrogen functional groups attached to an aromatic ring is 1. The molecule has 2 atom stereocenters. The first-order valence-corrected chi connectivity index (χ1v) is 9.11. The van der Waals surface area contributed by atoms with E-state index in [0.29, 0.717) is 11.3 Å². The van der Waals surface area contributed by atoms with E-state index in [2.05, 4.69) is 0 Å². The zero-order valence-electron chi connectivity index (χ0n) is 15.7. The van der Waals surface area contributed by atoms with Gasteiger partial charge < -0.3 is 21.7 Å². The van der Waals surface area contributed by atoms with Gasteiger partial charge in [0.2, 0.25) is 0 Å². The van der Waals surface area contributed by atoms with Gasteiger partial charge in [0.1, 0.15) is 11.9 Å². The summed E-state index contributed by atoms with van der Waals surface area (Å²) in [4.78, 5) is 25.9. The summed E-state index contributed by atoms with van der Waals surface area (Å²) in [6.07, 6.45) is -1.18. The van der Waals surface area contributed by atoms with Crippen molar-refractivity contribution in [2.45, 2.75) is 18.6 Å². The largest absolute Gasteiger partial charge is 0.508 e. The number of hydrogen-bond donors (Lipinski definition) is 4. The van der Waals surface area contributed by atoms with Crippen molar-refractivity contribution in [3.8, 4) is 5.75 Å². The monoisotopic (exact) mass is 390 g/mol. The van der Waals surface area contributed by atoms with Gasteiger partial charge >= 0.3 is 0 Å². The molecule has 0 saturated carbocycles. The van der Waals surface area contributed by atoms with E-state index in [4.69, 9.17) is 11.5 Å². The topological polar surface area (TPSA) is 127 Å². The van der Waals surface area contributed by atoms with E-state index in [1.807, 2.05) is 0 Å². The molecule has 0 aliphatic carbocycles. The van der Waals surface area contributed by atoms with Crippen LogP contribution in [0.5, 0.6) is 5.75 Å². The van der Waals surface area contributed by atoms with Crippen molar-refractivity contribution < 1.29 is 19.8 Å². The summed E-state index contributed by atoms with van der Waals surface area (Å²) < 4.78 is 0. The number of benzene rings is 3. The van der Waals surface area contributed by atoms with E-state index < -0.39 is 23.7 Å². The van der Waals surface area contributed by atoms with Gasteiger partial charge in [0, 0.05) is 16.8 Å². The number of phenols is 1. The molecule has 0 aromatic heterocycles. The molecule has 6 heteroatoms. The Labute approximate surface area is 168 Å². The fourth-order valence-corrected chi connectivity index (χ4v) is 3.09. The van der Waals surface area contributed by atoms with E-state index in [0.717, 1.165) is 5.56 Å². The number of carbonyl (C=O) groups is 2. The lowest BCUT2D eigenvalue weighted by Gasteiger charge is -2.16. The first-order valence-electron chi connectivity index (χ1n) is 9.11. The predicted molar refractivity (Wildman–Crippen MR) is 111 cm³/mol. The molecule has 3 aromatic carbocycles. The van der Waals surface area contributed by atoms with Crippen LogP contribution in [0.2, 0.25) is 0 Å². The molecular formula is C23H22N2O4. The molecule has 6 N–H and O–H groups in total. The van der Waals surface area contributed by atoms with Crippen molar-refractivity contribution in [3.05, 3.63) is 95.1 Å². The second-order valence-electron chi connectivity index (χ2n) is 6.82. The molecule has 29 heavy (non-hydrogen) atoms. The molecule has 3 rings (SSSR count). The molecule has 0 saturated heterocycles. The maximum Gasteiger partial charge on any atom is 0.196 e. The van der Waals surface area contributed by atoms with Gasteiger partial charge in [0.25, 0.3) is 0 Å². The van der Waals surface area contributed by atoms with Gasteiger partial charge in [0.15, 0.2) is 11.6 Å². The summed E-state index contributed by atoms with van der Waals surface area (Å²) in [5, 5.41) is 19.8. The van der Waals surface area contributed by atoms with Crippen molar-refractivity contribution in [2.24, 2.45) is 5.73 Å². The van der Waals surface area contributed by atoms with Crippen molar-refractivity contribution in [2.75, 3.05) is 5.73 Å². The number of ketones is 2. The Kier molecular flexibility index (Phi) is 6.07. The van der Waals surface area contributed by atoms with E-state index in [-0.39, 0.29) is 23.3 Å². The van der Waals surface area contributed by atoms with Gasteiger partial charge in [-0.15, -0.1) is 0 Å². The number of rotatable bonds is 7. The predicted octanol–water partition coefficient (Wildman–Crippen LogP) is 2.64. The Morgan fingerprint density at radius 2 is 1.52 bits per heavy atom. The highest BCUT2D eigenvalue weighted by Crippen LogP contribution is 2.24. The summed E-state index contributed by atoms with van der Waals surface area (Å²) in [6, 6.07) is 18.3. The van der Waals surface area contributed by atoms with Crippen molar-refractivity contribution in [3.63, 3.8) is 0 Å². The average Bonchev–Trinajstić information content (AvgIpc) is 2.74. The minimum Gasteiger partial charge on any atom is -0.508 e. The number of hydrogen-bond acceptors (Lipinski definition) is 6. The van der Waals surface area contributed by atoms with Gasteiger partial charge in [-0.1, -0.05) is 42.5 Å². The van der Waals surface area contributed by atoms with Crippen LogP contribution in [-0.2, 0) is 6.42 Å². The van der Waals surface area contributed by atoms with E-state index in [1.165, 1.54) is 30.3 Å². The first-order chi connectivity index (χ1) is 13.9. The molecule has 3 aromatic rings. The fraction of sp³-hybridized carbons (Fsp3) is 0.130. The Hall–Kier alpha value is -3.48. The Morgan fingerprint density at radius 1 is 0.862 bits per heavy atom. The second kappa shape index (κ2) is 8.68. The third-order valence-corrected chi connectivity index (χ3v) is 4.67. The third kappa shape index (κ3) is 4.68. The maximum absolute atomic E-state index is 13.0. The summed E-state index contributed by atoms with van der Waals surface area (Å²) in [7, 11) is 0. The molecule has 0 aliphatic heterocycles. The van der Waals surface area contributed by atoms with Gasteiger partial charge in [-0.3, -0.25) is 9.59 Å². The lowest BCUT2D eigenvalue weighted by atomic mass is 9.90. The summed E-state index contributed by atoms with van der Waals surface area (Å²) in [5.74, 6) is -0.933. The van der Waals surface area contributed by atoms with Crippen molar-refractivity contribution in [1.29, 1.82) is 0 Å². The van der Waals surface area contributed by atoms with Crippen LogP contribution in [0, 0.1) is 0 Å². The van der Waals surface area contributed by atoms with Gasteiger partial charge in [-0.05, 0) is 47.9 Å². The lowest BCUT2D eigenvalue weighted by molar-refractivity contribution is 0.0742. The molecule has 0 bridgehead atoms. The van der Waals surface area contributed by atoms with Crippen molar-refractivity contribution in [1.82, 2.24) is 0 Å². The third-order valence-electron chi connectivity index (χ3n) is 4.67. The Morgan fingerprint density at radius 3 is 2.17 bits per heavy atom. The average molecular weight is 390 g/mol. The highest BCUT2D eigenvalue weighted by atomic mass is 16.3. The summed E-state index contributed by atoms with van der Waals surface area (Å²) >= 11 is 0. The molecule has 0 amide bonds. The standard InChI is InChI=1S/C23H22N2O4/c24-16-8-11-18(23(29)21(27)15-4-2-1-3-5-15)19(13-16)22(28)20(25)12-14-6-9-17(26)10-7-14/h1-11,13,20-21,26-27H,12,24-25H2. The van der Waals surface area contributed by atoms with Gasteiger partial charge in [0.05, 0.1) is 6.04 Å². The minimum absolute atomic E-state index is 0.0710. The van der Waals surface area contributed by atoms with Crippen LogP contribution < -0.4 is 11.5 Å². The molecule has 0 radical (unpaired) electrons. The quantitative estimate of drug-likeness (QED) is 0.363. The van der Waals surface area contributed by atoms with Crippen LogP contribution in [0.3, 0.4) is 0 Å². The number of aliphatic hydroxyl groups excluding tert-OH is 1. The smallest absolute Gasteiger partial charge is 0.196 e. The normalized spacial score (nSPS) is 12.9. The molecule has 0 heterocycles. The number of aliphatic hydroxyl groups is 1. The fourth-order valence-electron chi connectivity index (χ4n) is 3.09. The van der Waals surface area contributed by atoms with Crippen LogP contribution in [0.15, 0.2) is 72.8 Å². The highest BCUT2D eigenvalue weighted by Gasteiger charge is 2.27. The molecule has 0 aliphatic rings. The number of Topliss-reactive ketones (excluding diaryl/α,β-unsaturated/α-hetero) is 2. The second-order valence-corrected chi connectivity index (χ2v) is 6.82. The number of carbonyl (C=O) groups excluding carboxylic acids is 2. The van der Waals surface area contributed by atoms with Gasteiger partial charge in [-0.25, -0.2) is 0 Å². The maximum atomic E-state index is 13.0. The first kappa shape index (κ1) is 20.3. The molecular weight excluding hydrogens is 368 g/mol. The van der Waals surface area contributed by atoms with Gasteiger partial charge in [-0.2, -0.15) is 0 Å². The number of nitrogens with two attached hydrogens (primary N) is 2. The molecule has 2 unspecified atom stereocenters. The van der Waals surface area contributed by atoms with E-state index in [9.17, 15) is 19.8 Å². The number of anilines is 1. The van der Waals surface area contributed by atoms with Crippen LogP contribution in [-0.4, -0.2) is 27.8 Å². The summed E-state index contributed by atoms with van der Waals surface area (Å²) in [6.45, 7) is 0. The molecule has 6 nitrogen and oxygen atoms in total. The Bertz CT molecular complexity index is 1020. The molecule has 0 spiro atoms. The number of phenolic OH excluding ortho intramolecular Hbond substituents is 1. The highest BCUT2D eigenvalue weighted by molar-refractivity contribution is 6.12. The SMILES string of the molecule is Nc1ccc(C(=O)C(O)c2ccccc2)c(C(=O)C(N)Cc2ccc(O)cc2)c1. The van der Waals surface area contributed by atoms with Crippen molar-refractivity contribution >= 4 is 17.3 Å². The molecule has 0 fully saturated rings. The zero-order valence-corrected chi connectivity index (χ0v) is 15.7. The number of aromatic hydroxyl groups is 1. The minimum atomic E-state index is -1.40. The lowest BCUT2D eigenvalue weighted by Crippen LogP contribution is -2.34. The van der Waals surface area contributed by atoms with Crippen LogP contribution in [0.25, 0.3) is 0 Å². The molecule has 148 valence electrons. The zero-order chi connectivity index (χ0) is 21.0. The summed E-state index contributed by atoms with van der Waals surface area (Å²) in [5.41, 5.74) is 13.6. The Balaban J connectivity index is 1.88. The van der Waals surface area contributed by atoms with Crippen LogP contribution >= 0.6 is 0 Å². The van der Waals surface area contributed by atoms with Crippen LogP contribution in [0.4, 0.5) is 5.69 Å². The van der Waals surface area contributed by atoms with E-state index >= 15 is 0 Å².